The summed E-state index contributed by atoms with van der Waals surface area (Å²) in [6.07, 6.45) is 0. The highest BCUT2D eigenvalue weighted by Gasteiger charge is 2.27. The van der Waals surface area contributed by atoms with Gasteiger partial charge in [-0.1, -0.05) is 12.1 Å². The minimum absolute atomic E-state index is 0.138. The number of primary amides is 1. The largest absolute Gasteiger partial charge is 0.369 e. The van der Waals surface area contributed by atoms with E-state index in [4.69, 9.17) is 5.73 Å². The van der Waals surface area contributed by atoms with Crippen molar-refractivity contribution in [1.82, 2.24) is 5.32 Å². The van der Waals surface area contributed by atoms with Crippen LogP contribution in [0.5, 0.6) is 0 Å². The minimum atomic E-state index is -0.549. The van der Waals surface area contributed by atoms with Gasteiger partial charge < -0.3 is 11.1 Å². The lowest BCUT2D eigenvalue weighted by molar-refractivity contribution is -0.125. The molecule has 2 heterocycles. The Hall–Kier alpha value is -1.17. The Morgan fingerprint density at radius 2 is 1.79 bits per heavy atom. The van der Waals surface area contributed by atoms with Crippen molar-refractivity contribution >= 4 is 28.6 Å². The third-order valence-electron chi connectivity index (χ3n) is 3.07. The monoisotopic (exact) mass is 294 g/mol. The normalized spacial score (nSPS) is 11.9. The summed E-state index contributed by atoms with van der Waals surface area (Å²) < 4.78 is 0. The van der Waals surface area contributed by atoms with Gasteiger partial charge in [0.15, 0.2) is 0 Å². The van der Waals surface area contributed by atoms with Crippen molar-refractivity contribution in [3.63, 3.8) is 0 Å². The molecule has 0 aliphatic heterocycles. The van der Waals surface area contributed by atoms with Crippen molar-refractivity contribution < 1.29 is 4.79 Å². The fourth-order valence-electron chi connectivity index (χ4n) is 1.70. The van der Waals surface area contributed by atoms with Crippen LogP contribution in [0.4, 0.5) is 0 Å². The average molecular weight is 294 g/mol. The highest BCUT2D eigenvalue weighted by Crippen LogP contribution is 2.30. The molecular weight excluding hydrogens is 276 g/mol. The number of hydrogen-bond acceptors (Lipinski definition) is 4. The molecule has 2 rings (SSSR count). The van der Waals surface area contributed by atoms with E-state index in [9.17, 15) is 4.79 Å². The summed E-state index contributed by atoms with van der Waals surface area (Å²) in [6, 6.07) is 8.44. The molecule has 5 heteroatoms. The van der Waals surface area contributed by atoms with Crippen LogP contribution in [0.15, 0.2) is 35.0 Å². The number of carbonyl (C=O) groups excluding carboxylic acids is 1. The van der Waals surface area contributed by atoms with Crippen molar-refractivity contribution in [1.29, 1.82) is 0 Å². The molecular formula is C14H18N2OS2. The van der Waals surface area contributed by atoms with Gasteiger partial charge in [-0.05, 0) is 36.7 Å². The molecule has 19 heavy (non-hydrogen) atoms. The van der Waals surface area contributed by atoms with E-state index in [2.05, 4.69) is 28.2 Å². The first-order valence-corrected chi connectivity index (χ1v) is 7.87. The van der Waals surface area contributed by atoms with E-state index in [0.717, 1.165) is 0 Å². The van der Waals surface area contributed by atoms with Gasteiger partial charge in [0, 0.05) is 16.3 Å². The summed E-state index contributed by atoms with van der Waals surface area (Å²) in [5.74, 6) is -0.281. The first-order valence-electron chi connectivity index (χ1n) is 6.11. The number of hydrogen-bond donors (Lipinski definition) is 2. The summed E-state index contributed by atoms with van der Waals surface area (Å²) in [5, 5.41) is 7.60. The van der Waals surface area contributed by atoms with E-state index in [1.54, 1.807) is 22.7 Å². The van der Waals surface area contributed by atoms with Gasteiger partial charge >= 0.3 is 0 Å². The van der Waals surface area contributed by atoms with E-state index in [1.165, 1.54) is 9.75 Å². The number of thiophene rings is 2. The fraction of sp³-hybridized carbons (Fsp3) is 0.357. The topological polar surface area (TPSA) is 55.1 Å². The van der Waals surface area contributed by atoms with Crippen LogP contribution in [0.1, 0.15) is 29.6 Å². The van der Waals surface area contributed by atoms with Gasteiger partial charge in [0.05, 0.1) is 11.5 Å². The van der Waals surface area contributed by atoms with Crippen LogP contribution in [0.2, 0.25) is 0 Å². The summed E-state index contributed by atoms with van der Waals surface area (Å²) in [6.45, 7) is 4.28. The zero-order valence-electron chi connectivity index (χ0n) is 11.1. The van der Waals surface area contributed by atoms with Gasteiger partial charge in [-0.2, -0.15) is 0 Å². The number of nitrogens with two attached hydrogens (primary N) is 1. The Balaban J connectivity index is 2.14. The molecule has 0 atom stereocenters. The molecule has 3 N–H and O–H groups in total. The molecule has 0 spiro atoms. The number of nitrogens with one attached hydrogen (secondary N) is 1. The maximum absolute atomic E-state index is 11.4. The van der Waals surface area contributed by atoms with Gasteiger partial charge in [0.25, 0.3) is 0 Å². The van der Waals surface area contributed by atoms with E-state index in [0.29, 0.717) is 6.54 Å². The van der Waals surface area contributed by atoms with Crippen molar-refractivity contribution in [2.45, 2.75) is 19.9 Å². The Morgan fingerprint density at radius 3 is 2.16 bits per heavy atom. The molecule has 2 aromatic heterocycles. The second kappa shape index (κ2) is 5.86. The minimum Gasteiger partial charge on any atom is -0.369 e. The molecule has 0 radical (unpaired) electrons. The highest BCUT2D eigenvalue weighted by molar-refractivity contribution is 7.11. The molecule has 0 saturated heterocycles. The maximum atomic E-state index is 11.4. The molecule has 2 aromatic rings. The van der Waals surface area contributed by atoms with E-state index in [1.807, 2.05) is 26.0 Å². The van der Waals surface area contributed by atoms with Crippen LogP contribution >= 0.6 is 22.7 Å². The van der Waals surface area contributed by atoms with Crippen LogP contribution in [0.25, 0.3) is 0 Å². The molecule has 0 aliphatic carbocycles. The SMILES string of the molecule is CC(C)(CNC(c1cccs1)c1cccs1)C(N)=O. The van der Waals surface area contributed by atoms with Gasteiger partial charge in [-0.3, -0.25) is 4.79 Å². The number of amides is 1. The van der Waals surface area contributed by atoms with Crippen LogP contribution in [0, 0.1) is 5.41 Å². The van der Waals surface area contributed by atoms with Crippen LogP contribution in [-0.2, 0) is 4.79 Å². The Kier molecular flexibility index (Phi) is 4.39. The lowest BCUT2D eigenvalue weighted by Gasteiger charge is -2.24. The van der Waals surface area contributed by atoms with E-state index >= 15 is 0 Å². The zero-order valence-corrected chi connectivity index (χ0v) is 12.7. The molecule has 0 unspecified atom stereocenters. The summed E-state index contributed by atoms with van der Waals surface area (Å²) in [4.78, 5) is 13.9. The lowest BCUT2D eigenvalue weighted by atomic mass is 9.92. The van der Waals surface area contributed by atoms with Gasteiger partial charge in [-0.25, -0.2) is 0 Å². The number of rotatable bonds is 6. The van der Waals surface area contributed by atoms with Gasteiger partial charge in [-0.15, -0.1) is 22.7 Å². The van der Waals surface area contributed by atoms with Gasteiger partial charge in [0.1, 0.15) is 0 Å². The van der Waals surface area contributed by atoms with Crippen molar-refractivity contribution in [3.8, 4) is 0 Å². The summed E-state index contributed by atoms with van der Waals surface area (Å²) in [7, 11) is 0. The molecule has 1 amide bonds. The Morgan fingerprint density at radius 1 is 1.26 bits per heavy atom. The van der Waals surface area contributed by atoms with Crippen molar-refractivity contribution in [3.05, 3.63) is 44.8 Å². The first-order chi connectivity index (χ1) is 9.00. The molecule has 0 aromatic carbocycles. The third kappa shape index (κ3) is 3.43. The second-order valence-corrected chi connectivity index (χ2v) is 7.05. The van der Waals surface area contributed by atoms with Crippen LogP contribution in [0.3, 0.4) is 0 Å². The molecule has 0 aliphatic rings. The lowest BCUT2D eigenvalue weighted by Crippen LogP contribution is -2.41. The Bertz CT molecular complexity index is 483. The zero-order chi connectivity index (χ0) is 13.9. The quantitative estimate of drug-likeness (QED) is 0.860. The molecule has 0 bridgehead atoms. The summed E-state index contributed by atoms with van der Waals surface area (Å²) >= 11 is 3.43. The van der Waals surface area contributed by atoms with E-state index in [-0.39, 0.29) is 11.9 Å². The smallest absolute Gasteiger partial charge is 0.224 e. The molecule has 3 nitrogen and oxygen atoms in total. The molecule has 0 fully saturated rings. The van der Waals surface area contributed by atoms with Crippen LogP contribution in [-0.4, -0.2) is 12.5 Å². The number of carbonyl (C=O) groups is 1. The highest BCUT2D eigenvalue weighted by atomic mass is 32.1. The standard InChI is InChI=1S/C14H18N2OS2/c1-14(2,13(15)17)9-16-12(10-5-3-7-18-10)11-6-4-8-19-11/h3-8,12,16H,9H2,1-2H3,(H2,15,17). The first kappa shape index (κ1) is 14.2. The second-order valence-electron chi connectivity index (χ2n) is 5.09. The predicted octanol–water partition coefficient (Wildman–Crippen LogP) is 3.00. The maximum Gasteiger partial charge on any atom is 0.224 e. The van der Waals surface area contributed by atoms with E-state index < -0.39 is 5.41 Å². The Labute approximate surface area is 121 Å². The average Bonchev–Trinajstić information content (AvgIpc) is 3.00. The molecule has 102 valence electrons. The van der Waals surface area contributed by atoms with Gasteiger partial charge in [0.2, 0.25) is 5.91 Å². The molecule has 0 saturated carbocycles. The predicted molar refractivity (Wildman–Crippen MR) is 81.5 cm³/mol. The summed E-state index contributed by atoms with van der Waals surface area (Å²) in [5.41, 5.74) is 4.87. The third-order valence-corrected chi connectivity index (χ3v) is 4.94. The van der Waals surface area contributed by atoms with Crippen molar-refractivity contribution in [2.75, 3.05) is 6.54 Å². The van der Waals surface area contributed by atoms with Crippen molar-refractivity contribution in [2.24, 2.45) is 11.1 Å². The fourth-order valence-corrected chi connectivity index (χ4v) is 3.41. The van der Waals surface area contributed by atoms with Crippen LogP contribution < -0.4 is 11.1 Å².